The molecule has 0 fully saturated rings. The zero-order chi connectivity index (χ0) is 33.9. The molecule has 1 aliphatic heterocycles. The number of aryl methyl sites for hydroxylation is 2. The summed E-state index contributed by atoms with van der Waals surface area (Å²) in [6.45, 7) is -0.433. The van der Waals surface area contributed by atoms with Gasteiger partial charge in [0.25, 0.3) is 0 Å². The molecule has 242 valence electrons. The van der Waals surface area contributed by atoms with Gasteiger partial charge in [0.2, 0.25) is 0 Å². The van der Waals surface area contributed by atoms with Crippen LogP contribution in [0.5, 0.6) is 11.5 Å². The number of hydrogen-bond acceptors (Lipinski definition) is 12. The summed E-state index contributed by atoms with van der Waals surface area (Å²) < 4.78 is 6.13. The molecule has 1 aliphatic rings. The number of phenolic OH excluding ortho intramolecular Hbond substituents is 2. The number of carbonyl (C=O) groups excluding carboxylic acids is 3. The largest absolute Gasteiger partial charge is 0.549 e. The van der Waals surface area contributed by atoms with Crippen LogP contribution in [-0.2, 0) is 42.6 Å². The number of aliphatic carboxylic acids is 4. The molecule has 0 spiro atoms. The fourth-order valence-electron chi connectivity index (χ4n) is 5.73. The van der Waals surface area contributed by atoms with E-state index in [1.807, 2.05) is 0 Å². The molecule has 0 aromatic heterocycles. The molecule has 4 rings (SSSR count). The quantitative estimate of drug-likeness (QED) is 0.163. The minimum atomic E-state index is -1.73. The molecule has 0 unspecified atom stereocenters. The number of benzene rings is 3. The first-order valence-corrected chi connectivity index (χ1v) is 13.9. The van der Waals surface area contributed by atoms with Crippen molar-refractivity contribution in [1.29, 1.82) is 0 Å². The van der Waals surface area contributed by atoms with Crippen LogP contribution >= 0.6 is 0 Å². The molecular weight excluding hydrogens is 604 g/mol. The number of carboxylic acid groups (broad SMARTS) is 4. The molecule has 14 heteroatoms. The number of aromatic hydroxyl groups is 2. The second-order valence-electron chi connectivity index (χ2n) is 11.0. The normalized spacial score (nSPS) is 13.4. The summed E-state index contributed by atoms with van der Waals surface area (Å²) in [5.74, 6) is -6.90. The van der Waals surface area contributed by atoms with Crippen LogP contribution in [0.1, 0.15) is 49.3 Å². The Balaban J connectivity index is 1.96. The molecule has 0 aliphatic carbocycles. The highest BCUT2D eigenvalue weighted by Crippen LogP contribution is 2.49. The number of fused-ring (bicyclic) bond motifs is 1. The SMILES string of the molecule is Cc1cc(C2(c3cc(C)c(O)c(CN(CC(=O)[O-])CC(=O)O)c3)OC(=O)c3ccccc32)cc(CN(CC(=O)[O-])CC(=O)O)c1O. The molecule has 1 heterocycles. The molecule has 0 radical (unpaired) electrons. The number of phenols is 2. The van der Waals surface area contributed by atoms with E-state index in [1.54, 1.807) is 50.2 Å². The van der Waals surface area contributed by atoms with Crippen LogP contribution in [0.2, 0.25) is 0 Å². The average molecular weight is 635 g/mol. The van der Waals surface area contributed by atoms with Gasteiger partial charge in [-0.2, -0.15) is 0 Å². The standard InChI is InChI=1S/C32H32N2O12/c1-17-7-21(9-19(29(17)43)11-33(13-25(35)36)14-26(37)38)32(24-6-4-3-5-23(24)31(45)46-32)22-8-18(2)30(44)20(10-22)12-34(15-27(39)40)16-28(41)42/h3-10,43-44H,11-16H2,1-2H3,(H,35,36)(H,37,38)(H,39,40)(H,41,42)/p-2. The summed E-state index contributed by atoms with van der Waals surface area (Å²) in [5.41, 5.74) is 0.232. The maximum Gasteiger partial charge on any atom is 0.340 e. The highest BCUT2D eigenvalue weighted by Gasteiger charge is 2.49. The molecule has 14 nitrogen and oxygen atoms in total. The number of carboxylic acids is 4. The smallest absolute Gasteiger partial charge is 0.340 e. The minimum absolute atomic E-state index is 0.120. The van der Waals surface area contributed by atoms with Crippen LogP contribution in [0.15, 0.2) is 48.5 Å². The van der Waals surface area contributed by atoms with Gasteiger partial charge in [-0.15, -0.1) is 0 Å². The first-order chi connectivity index (χ1) is 21.6. The van der Waals surface area contributed by atoms with Crippen LogP contribution in [0, 0.1) is 13.8 Å². The van der Waals surface area contributed by atoms with Crippen molar-refractivity contribution in [2.75, 3.05) is 26.2 Å². The van der Waals surface area contributed by atoms with E-state index in [0.29, 0.717) is 5.56 Å². The van der Waals surface area contributed by atoms with Crippen molar-refractivity contribution < 1.29 is 59.3 Å². The Morgan fingerprint density at radius 3 is 1.59 bits per heavy atom. The molecular formula is C32H30N2O12-2. The van der Waals surface area contributed by atoms with Crippen molar-refractivity contribution in [1.82, 2.24) is 9.80 Å². The van der Waals surface area contributed by atoms with E-state index in [9.17, 15) is 54.6 Å². The molecule has 3 aromatic carbocycles. The molecule has 3 aromatic rings. The predicted octanol–water partition coefficient (Wildman–Crippen LogP) is -0.550. The Labute approximate surface area is 262 Å². The average Bonchev–Trinajstić information content (AvgIpc) is 3.25. The van der Waals surface area contributed by atoms with Gasteiger partial charge in [-0.1, -0.05) is 18.2 Å². The van der Waals surface area contributed by atoms with Gasteiger partial charge in [0.05, 0.1) is 30.6 Å². The highest BCUT2D eigenvalue weighted by molar-refractivity contribution is 5.96. The number of cyclic esters (lactones) is 1. The fraction of sp³-hybridized carbons (Fsp3) is 0.281. The van der Waals surface area contributed by atoms with Crippen LogP contribution in [-0.4, -0.2) is 86.3 Å². The van der Waals surface area contributed by atoms with E-state index in [-0.39, 0.29) is 63.5 Å². The van der Waals surface area contributed by atoms with E-state index in [1.165, 1.54) is 12.1 Å². The predicted molar refractivity (Wildman–Crippen MR) is 153 cm³/mol. The molecule has 0 saturated heterocycles. The van der Waals surface area contributed by atoms with Crippen molar-refractivity contribution in [3.8, 4) is 11.5 Å². The lowest BCUT2D eigenvalue weighted by atomic mass is 9.77. The topological polar surface area (TPSA) is 228 Å². The molecule has 0 bridgehead atoms. The number of nitrogens with zero attached hydrogens (tertiary/aromatic N) is 2. The summed E-state index contributed by atoms with van der Waals surface area (Å²) in [5, 5.41) is 63.3. The van der Waals surface area contributed by atoms with Gasteiger partial charge in [-0.05, 0) is 55.3 Å². The fourth-order valence-corrected chi connectivity index (χ4v) is 5.73. The van der Waals surface area contributed by atoms with E-state index >= 15 is 0 Å². The van der Waals surface area contributed by atoms with Crippen LogP contribution in [0.3, 0.4) is 0 Å². The number of ether oxygens (including phenoxy) is 1. The monoisotopic (exact) mass is 634 g/mol. The lowest BCUT2D eigenvalue weighted by Gasteiger charge is -2.33. The van der Waals surface area contributed by atoms with Crippen LogP contribution in [0.4, 0.5) is 0 Å². The third-order valence-electron chi connectivity index (χ3n) is 7.56. The summed E-state index contributed by atoms with van der Waals surface area (Å²) in [6.07, 6.45) is 0. The Kier molecular flexibility index (Phi) is 9.63. The zero-order valence-electron chi connectivity index (χ0n) is 24.8. The van der Waals surface area contributed by atoms with Gasteiger partial charge in [0, 0.05) is 54.0 Å². The van der Waals surface area contributed by atoms with E-state index in [4.69, 9.17) is 4.74 Å². The maximum absolute atomic E-state index is 13.3. The van der Waals surface area contributed by atoms with Gasteiger partial charge < -0.3 is 45.0 Å². The van der Waals surface area contributed by atoms with E-state index < -0.39 is 61.6 Å². The Hall–Kier alpha value is -5.47. The summed E-state index contributed by atoms with van der Waals surface area (Å²) in [7, 11) is 0. The molecule has 0 amide bonds. The Morgan fingerprint density at radius 1 is 0.739 bits per heavy atom. The molecule has 0 atom stereocenters. The van der Waals surface area contributed by atoms with Crippen molar-refractivity contribution in [3.63, 3.8) is 0 Å². The minimum Gasteiger partial charge on any atom is -0.549 e. The van der Waals surface area contributed by atoms with Gasteiger partial charge in [0.1, 0.15) is 11.5 Å². The first kappa shape index (κ1) is 33.4. The van der Waals surface area contributed by atoms with Crippen LogP contribution < -0.4 is 10.2 Å². The Bertz CT molecular complexity index is 1610. The second kappa shape index (κ2) is 13.3. The van der Waals surface area contributed by atoms with Crippen molar-refractivity contribution in [3.05, 3.63) is 93.0 Å². The Morgan fingerprint density at radius 2 is 1.17 bits per heavy atom. The van der Waals surface area contributed by atoms with Crippen LogP contribution in [0.25, 0.3) is 0 Å². The highest BCUT2D eigenvalue weighted by atomic mass is 16.6. The third kappa shape index (κ3) is 6.92. The zero-order valence-corrected chi connectivity index (χ0v) is 24.8. The lowest BCUT2D eigenvalue weighted by Crippen LogP contribution is -2.40. The van der Waals surface area contributed by atoms with Gasteiger partial charge in [-0.25, -0.2) is 4.79 Å². The number of hydrogen-bond donors (Lipinski definition) is 4. The maximum atomic E-state index is 13.3. The molecule has 46 heavy (non-hydrogen) atoms. The number of esters is 1. The van der Waals surface area contributed by atoms with Crippen molar-refractivity contribution in [2.24, 2.45) is 0 Å². The van der Waals surface area contributed by atoms with E-state index in [0.717, 1.165) is 9.80 Å². The van der Waals surface area contributed by atoms with Crippen molar-refractivity contribution in [2.45, 2.75) is 32.5 Å². The number of carbonyl (C=O) groups is 5. The van der Waals surface area contributed by atoms with Gasteiger partial charge in [-0.3, -0.25) is 19.4 Å². The first-order valence-electron chi connectivity index (χ1n) is 13.9. The summed E-state index contributed by atoms with van der Waals surface area (Å²) in [6, 6.07) is 12.5. The van der Waals surface area contributed by atoms with Gasteiger partial charge in [0.15, 0.2) is 5.60 Å². The molecule has 0 saturated carbocycles. The second-order valence-corrected chi connectivity index (χ2v) is 11.0. The number of rotatable bonds is 14. The van der Waals surface area contributed by atoms with Gasteiger partial charge >= 0.3 is 17.9 Å². The molecule has 4 N–H and O–H groups in total. The summed E-state index contributed by atoms with van der Waals surface area (Å²) in [4.78, 5) is 61.0. The van der Waals surface area contributed by atoms with Crippen molar-refractivity contribution >= 4 is 29.8 Å². The lowest BCUT2D eigenvalue weighted by molar-refractivity contribution is -0.307. The van der Waals surface area contributed by atoms with E-state index in [2.05, 4.69) is 0 Å². The summed E-state index contributed by atoms with van der Waals surface area (Å²) >= 11 is 0. The third-order valence-corrected chi connectivity index (χ3v) is 7.56.